The van der Waals surface area contributed by atoms with E-state index in [-0.39, 0.29) is 11.3 Å². The number of hydrogen-bond donors (Lipinski definition) is 1. The lowest BCUT2D eigenvalue weighted by atomic mass is 9.90. The summed E-state index contributed by atoms with van der Waals surface area (Å²) in [5.41, 5.74) is 1.48. The summed E-state index contributed by atoms with van der Waals surface area (Å²) in [7, 11) is 1.64. The minimum absolute atomic E-state index is 0.193. The minimum atomic E-state index is -0.327. The second-order valence-corrected chi connectivity index (χ2v) is 5.98. The van der Waals surface area contributed by atoms with Gasteiger partial charge in [0.25, 0.3) is 0 Å². The number of hydrogen-bond acceptors (Lipinski definition) is 5. The topological polar surface area (TPSA) is 73.6 Å². The molecule has 1 N–H and O–H groups in total. The molecule has 0 spiro atoms. The number of ether oxygens (including phenoxy) is 2. The summed E-state index contributed by atoms with van der Waals surface area (Å²) in [6.45, 7) is 6.42. The smallest absolute Gasteiger partial charge is 0.231 e. The van der Waals surface area contributed by atoms with Crippen molar-refractivity contribution in [1.29, 1.82) is 0 Å². The number of nitrogens with zero attached hydrogens (tertiary/aromatic N) is 1. The molecule has 0 fully saturated rings. The van der Waals surface area contributed by atoms with E-state index < -0.39 is 0 Å². The first kappa shape index (κ1) is 17.0. The maximum atomic E-state index is 11.0. The van der Waals surface area contributed by atoms with E-state index in [1.54, 1.807) is 13.2 Å². The van der Waals surface area contributed by atoms with Gasteiger partial charge in [-0.2, -0.15) is 0 Å². The molecule has 0 saturated heterocycles. The number of anilines is 1. The van der Waals surface area contributed by atoms with Gasteiger partial charge in [0, 0.05) is 18.4 Å². The van der Waals surface area contributed by atoms with Gasteiger partial charge in [0.2, 0.25) is 11.8 Å². The van der Waals surface area contributed by atoms with E-state index in [4.69, 9.17) is 14.0 Å². The lowest BCUT2D eigenvalue weighted by molar-refractivity contribution is -0.114. The van der Waals surface area contributed by atoms with E-state index in [2.05, 4.69) is 10.5 Å². The number of carbonyl (C=O) groups is 1. The SMILES string of the molecule is COc1ccc(COCC(C)(C)c2cc(NC(C)=O)on2)cc1. The minimum Gasteiger partial charge on any atom is -0.497 e. The average Bonchev–Trinajstić information content (AvgIpc) is 2.96. The standard InChI is InChI=1S/C17H22N2O4/c1-12(20)18-16-9-15(19-23-16)17(2,3)11-22-10-13-5-7-14(21-4)8-6-13/h5-9H,10-11H2,1-4H3,(H,18,20). The van der Waals surface area contributed by atoms with E-state index in [1.165, 1.54) is 6.92 Å². The Balaban J connectivity index is 1.89. The highest BCUT2D eigenvalue weighted by molar-refractivity contribution is 5.87. The number of methoxy groups -OCH3 is 1. The summed E-state index contributed by atoms with van der Waals surface area (Å²) in [4.78, 5) is 11.0. The maximum Gasteiger partial charge on any atom is 0.231 e. The fourth-order valence-corrected chi connectivity index (χ4v) is 2.05. The van der Waals surface area contributed by atoms with Gasteiger partial charge in [0.1, 0.15) is 5.75 Å². The van der Waals surface area contributed by atoms with Gasteiger partial charge < -0.3 is 14.0 Å². The second-order valence-electron chi connectivity index (χ2n) is 5.98. The maximum absolute atomic E-state index is 11.0. The highest BCUT2D eigenvalue weighted by atomic mass is 16.5. The van der Waals surface area contributed by atoms with Crippen molar-refractivity contribution >= 4 is 11.8 Å². The molecule has 0 aliphatic carbocycles. The van der Waals surface area contributed by atoms with Gasteiger partial charge in [0.05, 0.1) is 26.0 Å². The lowest BCUT2D eigenvalue weighted by Crippen LogP contribution is -2.24. The predicted octanol–water partition coefficient (Wildman–Crippen LogP) is 3.14. The quantitative estimate of drug-likeness (QED) is 0.849. The van der Waals surface area contributed by atoms with Gasteiger partial charge in [-0.3, -0.25) is 10.1 Å². The predicted molar refractivity (Wildman–Crippen MR) is 86.5 cm³/mol. The van der Waals surface area contributed by atoms with E-state index in [1.807, 2.05) is 38.1 Å². The molecule has 0 unspecified atom stereocenters. The molecule has 23 heavy (non-hydrogen) atoms. The summed E-state index contributed by atoms with van der Waals surface area (Å²) >= 11 is 0. The van der Waals surface area contributed by atoms with E-state index in [9.17, 15) is 4.79 Å². The zero-order valence-corrected chi connectivity index (χ0v) is 13.9. The lowest BCUT2D eigenvalue weighted by Gasteiger charge is -2.21. The number of amides is 1. The van der Waals surface area contributed by atoms with Gasteiger partial charge in [-0.05, 0) is 17.7 Å². The summed E-state index contributed by atoms with van der Waals surface area (Å²) in [6, 6.07) is 9.47. The largest absolute Gasteiger partial charge is 0.497 e. The Labute approximate surface area is 135 Å². The highest BCUT2D eigenvalue weighted by Crippen LogP contribution is 2.25. The van der Waals surface area contributed by atoms with Crippen LogP contribution in [0.4, 0.5) is 5.88 Å². The van der Waals surface area contributed by atoms with Crippen LogP contribution in [-0.2, 0) is 21.6 Å². The Hall–Kier alpha value is -2.34. The third-order valence-electron chi connectivity index (χ3n) is 3.39. The zero-order valence-electron chi connectivity index (χ0n) is 13.9. The summed E-state index contributed by atoms with van der Waals surface area (Å²) < 4.78 is 16.0. The van der Waals surface area contributed by atoms with Crippen LogP contribution in [0.1, 0.15) is 32.0 Å². The van der Waals surface area contributed by atoms with Crippen LogP contribution in [0.15, 0.2) is 34.9 Å². The van der Waals surface area contributed by atoms with Crippen molar-refractivity contribution < 1.29 is 18.8 Å². The molecule has 1 aromatic carbocycles. The van der Waals surface area contributed by atoms with Crippen LogP contribution in [-0.4, -0.2) is 24.8 Å². The molecule has 1 aromatic heterocycles. The van der Waals surface area contributed by atoms with Crippen LogP contribution in [0.5, 0.6) is 5.75 Å². The van der Waals surface area contributed by atoms with E-state index in [0.29, 0.717) is 19.1 Å². The van der Waals surface area contributed by atoms with Crippen molar-refractivity contribution in [3.63, 3.8) is 0 Å². The third-order valence-corrected chi connectivity index (χ3v) is 3.39. The Morgan fingerprint density at radius 1 is 1.30 bits per heavy atom. The van der Waals surface area contributed by atoms with Crippen molar-refractivity contribution in [3.05, 3.63) is 41.6 Å². The fraction of sp³-hybridized carbons (Fsp3) is 0.412. The van der Waals surface area contributed by atoms with Crippen LogP contribution in [0.25, 0.3) is 0 Å². The molecule has 2 aromatic rings. The van der Waals surface area contributed by atoms with Crippen molar-refractivity contribution in [1.82, 2.24) is 5.16 Å². The van der Waals surface area contributed by atoms with Crippen molar-refractivity contribution in [3.8, 4) is 5.75 Å². The van der Waals surface area contributed by atoms with Crippen molar-refractivity contribution in [2.75, 3.05) is 19.0 Å². The number of aromatic nitrogens is 1. The highest BCUT2D eigenvalue weighted by Gasteiger charge is 2.25. The molecular weight excluding hydrogens is 296 g/mol. The van der Waals surface area contributed by atoms with E-state index in [0.717, 1.165) is 17.0 Å². The first-order valence-corrected chi connectivity index (χ1v) is 7.36. The summed E-state index contributed by atoms with van der Waals surface area (Å²) in [5.74, 6) is 0.971. The van der Waals surface area contributed by atoms with E-state index >= 15 is 0 Å². The van der Waals surface area contributed by atoms with Crippen LogP contribution >= 0.6 is 0 Å². The molecule has 0 bridgehead atoms. The van der Waals surface area contributed by atoms with Gasteiger partial charge in [-0.1, -0.05) is 31.1 Å². The second kappa shape index (κ2) is 7.28. The molecule has 0 atom stereocenters. The Morgan fingerprint density at radius 2 is 2.00 bits per heavy atom. The number of carbonyl (C=O) groups excluding carboxylic acids is 1. The number of rotatable bonds is 7. The molecule has 124 valence electrons. The molecule has 1 amide bonds. The van der Waals surface area contributed by atoms with Gasteiger partial charge in [-0.15, -0.1) is 0 Å². The van der Waals surface area contributed by atoms with Crippen LogP contribution in [0, 0.1) is 0 Å². The summed E-state index contributed by atoms with van der Waals surface area (Å²) in [5, 5.41) is 6.57. The van der Waals surface area contributed by atoms with Crippen LogP contribution in [0.2, 0.25) is 0 Å². The van der Waals surface area contributed by atoms with Gasteiger partial charge >= 0.3 is 0 Å². The third kappa shape index (κ3) is 4.82. The molecule has 0 radical (unpaired) electrons. The fourth-order valence-electron chi connectivity index (χ4n) is 2.05. The average molecular weight is 318 g/mol. The Bertz CT molecular complexity index is 647. The van der Waals surface area contributed by atoms with Crippen LogP contribution < -0.4 is 10.1 Å². The molecular formula is C17H22N2O4. The van der Waals surface area contributed by atoms with Crippen molar-refractivity contribution in [2.24, 2.45) is 0 Å². The molecule has 6 nitrogen and oxygen atoms in total. The molecule has 1 heterocycles. The monoisotopic (exact) mass is 318 g/mol. The first-order valence-electron chi connectivity index (χ1n) is 7.36. The molecule has 0 saturated carbocycles. The number of nitrogens with one attached hydrogen (secondary N) is 1. The zero-order chi connectivity index (χ0) is 16.9. The normalized spacial score (nSPS) is 11.3. The molecule has 2 rings (SSSR count). The molecule has 0 aliphatic rings. The summed E-state index contributed by atoms with van der Waals surface area (Å²) in [6.07, 6.45) is 0. The molecule has 6 heteroatoms. The van der Waals surface area contributed by atoms with Crippen LogP contribution in [0.3, 0.4) is 0 Å². The molecule has 0 aliphatic heterocycles. The van der Waals surface area contributed by atoms with Gasteiger partial charge in [-0.25, -0.2) is 0 Å². The Morgan fingerprint density at radius 3 is 2.61 bits per heavy atom. The number of benzene rings is 1. The first-order chi connectivity index (χ1) is 10.9. The van der Waals surface area contributed by atoms with Gasteiger partial charge in [0.15, 0.2) is 0 Å². The Kier molecular flexibility index (Phi) is 5.39. The van der Waals surface area contributed by atoms with Crippen molar-refractivity contribution in [2.45, 2.75) is 32.8 Å².